The summed E-state index contributed by atoms with van der Waals surface area (Å²) in [6, 6.07) is 6.60. The first-order chi connectivity index (χ1) is 12.2. The lowest BCUT2D eigenvalue weighted by atomic mass is 10.2. The molecule has 134 valence electrons. The molecule has 0 bridgehead atoms. The molecule has 0 saturated carbocycles. The van der Waals surface area contributed by atoms with Gasteiger partial charge < -0.3 is 9.64 Å². The Morgan fingerprint density at radius 3 is 2.56 bits per heavy atom. The standard InChI is InChI=1S/C17H22FN5O2/c1-2-25-17(24)16-13-19-20-23(16)12-9-21-7-10-22(11-8-21)15-5-3-14(18)4-6-15/h3-6,13H,2,7-12H2,1H3. The lowest BCUT2D eigenvalue weighted by molar-refractivity contribution is 0.0510. The number of nitrogens with zero attached hydrogens (tertiary/aromatic N) is 5. The Morgan fingerprint density at radius 1 is 1.16 bits per heavy atom. The number of hydrogen-bond donors (Lipinski definition) is 0. The van der Waals surface area contributed by atoms with Gasteiger partial charge >= 0.3 is 5.97 Å². The van der Waals surface area contributed by atoms with Crippen molar-refractivity contribution in [2.75, 3.05) is 44.2 Å². The number of halogens is 1. The summed E-state index contributed by atoms with van der Waals surface area (Å²) < 4.78 is 19.6. The minimum atomic E-state index is -0.395. The second kappa shape index (κ2) is 8.06. The predicted molar refractivity (Wildman–Crippen MR) is 91.0 cm³/mol. The number of hydrogen-bond acceptors (Lipinski definition) is 6. The molecule has 2 heterocycles. The Morgan fingerprint density at radius 2 is 1.88 bits per heavy atom. The summed E-state index contributed by atoms with van der Waals surface area (Å²) >= 11 is 0. The van der Waals surface area contributed by atoms with Crippen LogP contribution in [-0.2, 0) is 11.3 Å². The average molecular weight is 347 g/mol. The molecule has 2 aromatic rings. The number of anilines is 1. The van der Waals surface area contributed by atoms with Crippen LogP contribution in [0.3, 0.4) is 0 Å². The summed E-state index contributed by atoms with van der Waals surface area (Å²) in [4.78, 5) is 16.4. The molecular formula is C17H22FN5O2. The van der Waals surface area contributed by atoms with E-state index in [2.05, 4.69) is 20.1 Å². The van der Waals surface area contributed by atoms with Crippen molar-refractivity contribution < 1.29 is 13.9 Å². The van der Waals surface area contributed by atoms with Crippen molar-refractivity contribution in [3.63, 3.8) is 0 Å². The highest BCUT2D eigenvalue weighted by Crippen LogP contribution is 2.16. The van der Waals surface area contributed by atoms with E-state index in [1.54, 1.807) is 11.6 Å². The minimum Gasteiger partial charge on any atom is -0.461 e. The fraction of sp³-hybridized carbons (Fsp3) is 0.471. The molecule has 0 radical (unpaired) electrons. The van der Waals surface area contributed by atoms with Crippen molar-refractivity contribution in [2.45, 2.75) is 13.5 Å². The second-order valence-corrected chi connectivity index (χ2v) is 5.87. The summed E-state index contributed by atoms with van der Waals surface area (Å²) in [6.07, 6.45) is 1.43. The predicted octanol–water partition coefficient (Wildman–Crippen LogP) is 1.42. The molecule has 1 saturated heterocycles. The van der Waals surface area contributed by atoms with Crippen molar-refractivity contribution in [1.82, 2.24) is 19.9 Å². The second-order valence-electron chi connectivity index (χ2n) is 5.87. The SMILES string of the molecule is CCOC(=O)c1cnnn1CCN1CCN(c2ccc(F)cc2)CC1. The highest BCUT2D eigenvalue weighted by Gasteiger charge is 2.19. The maximum absolute atomic E-state index is 13.0. The molecular weight excluding hydrogens is 325 g/mol. The first kappa shape index (κ1) is 17.3. The van der Waals surface area contributed by atoms with Gasteiger partial charge in [-0.25, -0.2) is 13.9 Å². The molecule has 25 heavy (non-hydrogen) atoms. The zero-order valence-electron chi connectivity index (χ0n) is 14.3. The van der Waals surface area contributed by atoms with Gasteiger partial charge in [0.2, 0.25) is 0 Å². The van der Waals surface area contributed by atoms with Crippen LogP contribution < -0.4 is 4.90 Å². The smallest absolute Gasteiger partial charge is 0.358 e. The third-order valence-corrected chi connectivity index (χ3v) is 4.29. The van der Waals surface area contributed by atoms with E-state index in [4.69, 9.17) is 4.74 Å². The highest BCUT2D eigenvalue weighted by molar-refractivity contribution is 5.87. The zero-order chi connectivity index (χ0) is 17.6. The number of benzene rings is 1. The molecule has 1 aromatic heterocycles. The van der Waals surface area contributed by atoms with Crippen LogP contribution in [0, 0.1) is 5.82 Å². The number of esters is 1. The topological polar surface area (TPSA) is 63.5 Å². The van der Waals surface area contributed by atoms with Crippen LogP contribution in [0.2, 0.25) is 0 Å². The van der Waals surface area contributed by atoms with Gasteiger partial charge in [0.15, 0.2) is 5.69 Å². The van der Waals surface area contributed by atoms with Crippen LogP contribution in [0.5, 0.6) is 0 Å². The van der Waals surface area contributed by atoms with Crippen LogP contribution in [-0.4, -0.2) is 65.2 Å². The monoisotopic (exact) mass is 347 g/mol. The Bertz CT molecular complexity index is 695. The summed E-state index contributed by atoms with van der Waals surface area (Å²) in [5.74, 6) is -0.610. The first-order valence-corrected chi connectivity index (χ1v) is 8.46. The van der Waals surface area contributed by atoms with E-state index < -0.39 is 5.97 Å². The van der Waals surface area contributed by atoms with E-state index in [-0.39, 0.29) is 5.82 Å². The molecule has 3 rings (SSSR count). The molecule has 8 heteroatoms. The average Bonchev–Trinajstić information content (AvgIpc) is 3.10. The van der Waals surface area contributed by atoms with Crippen molar-refractivity contribution in [3.05, 3.63) is 42.0 Å². The van der Waals surface area contributed by atoms with Crippen molar-refractivity contribution in [3.8, 4) is 0 Å². The van der Waals surface area contributed by atoms with Gasteiger partial charge in [-0.15, -0.1) is 5.10 Å². The number of ether oxygens (including phenoxy) is 1. The molecule has 0 aliphatic carbocycles. The van der Waals surface area contributed by atoms with E-state index in [0.717, 1.165) is 38.4 Å². The van der Waals surface area contributed by atoms with Gasteiger partial charge in [0, 0.05) is 38.4 Å². The zero-order valence-corrected chi connectivity index (χ0v) is 14.3. The number of carbonyl (C=O) groups is 1. The van der Waals surface area contributed by atoms with Crippen molar-refractivity contribution >= 4 is 11.7 Å². The molecule has 7 nitrogen and oxygen atoms in total. The van der Waals surface area contributed by atoms with E-state index in [1.165, 1.54) is 18.3 Å². The highest BCUT2D eigenvalue weighted by atomic mass is 19.1. The summed E-state index contributed by atoms with van der Waals surface area (Å²) in [5, 5.41) is 7.77. The van der Waals surface area contributed by atoms with Crippen LogP contribution >= 0.6 is 0 Å². The Balaban J connectivity index is 1.49. The number of carbonyl (C=O) groups excluding carboxylic acids is 1. The molecule has 0 unspecified atom stereocenters. The minimum absolute atomic E-state index is 0.215. The molecule has 1 fully saturated rings. The lowest BCUT2D eigenvalue weighted by Gasteiger charge is -2.36. The Kier molecular flexibility index (Phi) is 5.60. The van der Waals surface area contributed by atoms with E-state index >= 15 is 0 Å². The van der Waals surface area contributed by atoms with Gasteiger partial charge in [-0.3, -0.25) is 4.90 Å². The fourth-order valence-corrected chi connectivity index (χ4v) is 2.90. The lowest BCUT2D eigenvalue weighted by Crippen LogP contribution is -2.47. The van der Waals surface area contributed by atoms with E-state index in [9.17, 15) is 9.18 Å². The largest absolute Gasteiger partial charge is 0.461 e. The maximum atomic E-state index is 13.0. The van der Waals surface area contributed by atoms with Gasteiger partial charge in [0.25, 0.3) is 0 Å². The first-order valence-electron chi connectivity index (χ1n) is 8.46. The number of piperazine rings is 1. The van der Waals surface area contributed by atoms with Gasteiger partial charge in [-0.2, -0.15) is 0 Å². The number of aromatic nitrogens is 3. The van der Waals surface area contributed by atoms with Gasteiger partial charge in [-0.05, 0) is 31.2 Å². The number of rotatable bonds is 6. The summed E-state index contributed by atoms with van der Waals surface area (Å²) in [7, 11) is 0. The van der Waals surface area contributed by atoms with Crippen molar-refractivity contribution in [2.24, 2.45) is 0 Å². The molecule has 0 amide bonds. The van der Waals surface area contributed by atoms with E-state index in [1.807, 2.05) is 12.1 Å². The van der Waals surface area contributed by atoms with Crippen LogP contribution in [0.4, 0.5) is 10.1 Å². The fourth-order valence-electron chi connectivity index (χ4n) is 2.90. The molecule has 0 spiro atoms. The van der Waals surface area contributed by atoms with Gasteiger partial charge in [0.1, 0.15) is 5.82 Å². The molecule has 1 aromatic carbocycles. The van der Waals surface area contributed by atoms with Crippen LogP contribution in [0.25, 0.3) is 0 Å². The Hall–Kier alpha value is -2.48. The van der Waals surface area contributed by atoms with Gasteiger partial charge in [-0.1, -0.05) is 5.21 Å². The molecule has 1 aliphatic rings. The summed E-state index contributed by atoms with van der Waals surface area (Å²) in [5.41, 5.74) is 1.42. The maximum Gasteiger partial charge on any atom is 0.358 e. The molecule has 0 N–H and O–H groups in total. The van der Waals surface area contributed by atoms with E-state index in [0.29, 0.717) is 18.8 Å². The molecule has 0 atom stereocenters. The third kappa shape index (κ3) is 4.33. The normalized spacial score (nSPS) is 15.4. The van der Waals surface area contributed by atoms with Crippen molar-refractivity contribution in [1.29, 1.82) is 0 Å². The van der Waals surface area contributed by atoms with Crippen LogP contribution in [0.1, 0.15) is 17.4 Å². The third-order valence-electron chi connectivity index (χ3n) is 4.29. The summed E-state index contributed by atoms with van der Waals surface area (Å²) in [6.45, 7) is 7.04. The quantitative estimate of drug-likeness (QED) is 0.737. The molecule has 1 aliphatic heterocycles. The Labute approximate surface area is 146 Å². The van der Waals surface area contributed by atoms with Crippen LogP contribution in [0.15, 0.2) is 30.5 Å². The van der Waals surface area contributed by atoms with Gasteiger partial charge in [0.05, 0.1) is 19.3 Å².